The van der Waals surface area contributed by atoms with Crippen LogP contribution in [0.4, 0.5) is 17.1 Å². The van der Waals surface area contributed by atoms with Crippen LogP contribution in [0.2, 0.25) is 0 Å². The Hall–Kier alpha value is -2.93. The number of nitrogens with zero attached hydrogens (tertiary/aromatic N) is 2. The molecule has 0 heterocycles. The lowest BCUT2D eigenvalue weighted by Crippen LogP contribution is -2.21. The monoisotopic (exact) mass is 329 g/mol. The van der Waals surface area contributed by atoms with Crippen molar-refractivity contribution < 1.29 is 14.8 Å². The molecule has 0 aliphatic carbocycles. The molecule has 7 heteroatoms. The van der Waals surface area contributed by atoms with Crippen LogP contribution in [-0.4, -0.2) is 36.1 Å². The summed E-state index contributed by atoms with van der Waals surface area (Å²) in [6, 6.07) is 11.4. The molecule has 2 N–H and O–H groups in total. The summed E-state index contributed by atoms with van der Waals surface area (Å²) in [7, 11) is 1.87. The number of carbonyl (C=O) groups is 1. The van der Waals surface area contributed by atoms with Crippen molar-refractivity contribution in [3.05, 3.63) is 63.7 Å². The number of aliphatic hydroxyl groups excluding tert-OH is 1. The number of likely N-dealkylation sites (N-methyl/N-ethyl adjacent to an activating group) is 1. The number of anilines is 2. The first kappa shape index (κ1) is 17.4. The van der Waals surface area contributed by atoms with Crippen LogP contribution in [0.3, 0.4) is 0 Å². The molecule has 2 aromatic rings. The van der Waals surface area contributed by atoms with Crippen LogP contribution in [0.15, 0.2) is 42.5 Å². The Labute approximate surface area is 139 Å². The fourth-order valence-electron chi connectivity index (χ4n) is 2.29. The Morgan fingerprint density at radius 1 is 1.25 bits per heavy atom. The number of hydrogen-bond acceptors (Lipinski definition) is 5. The van der Waals surface area contributed by atoms with Gasteiger partial charge in [0.15, 0.2) is 0 Å². The van der Waals surface area contributed by atoms with E-state index in [0.29, 0.717) is 23.4 Å². The van der Waals surface area contributed by atoms with Gasteiger partial charge < -0.3 is 15.3 Å². The number of aliphatic hydroxyl groups is 1. The predicted molar refractivity (Wildman–Crippen MR) is 92.6 cm³/mol. The number of amides is 1. The summed E-state index contributed by atoms with van der Waals surface area (Å²) in [5, 5.41) is 22.4. The second kappa shape index (κ2) is 7.56. The van der Waals surface area contributed by atoms with Gasteiger partial charge in [0, 0.05) is 42.7 Å². The van der Waals surface area contributed by atoms with Gasteiger partial charge in [-0.15, -0.1) is 0 Å². The summed E-state index contributed by atoms with van der Waals surface area (Å²) < 4.78 is 0. The lowest BCUT2D eigenvalue weighted by atomic mass is 10.1. The van der Waals surface area contributed by atoms with Crippen molar-refractivity contribution in [2.24, 2.45) is 0 Å². The van der Waals surface area contributed by atoms with E-state index >= 15 is 0 Å². The van der Waals surface area contributed by atoms with Gasteiger partial charge in [0.2, 0.25) is 0 Å². The molecule has 0 saturated heterocycles. The van der Waals surface area contributed by atoms with Crippen molar-refractivity contribution in [2.75, 3.05) is 30.4 Å². The zero-order valence-corrected chi connectivity index (χ0v) is 13.5. The van der Waals surface area contributed by atoms with Crippen molar-refractivity contribution in [1.29, 1.82) is 0 Å². The van der Waals surface area contributed by atoms with Crippen LogP contribution in [0.1, 0.15) is 15.9 Å². The highest BCUT2D eigenvalue weighted by Gasteiger charge is 2.13. The lowest BCUT2D eigenvalue weighted by molar-refractivity contribution is -0.384. The second-order valence-corrected chi connectivity index (χ2v) is 5.40. The van der Waals surface area contributed by atoms with E-state index in [1.54, 1.807) is 19.1 Å². The first-order valence-corrected chi connectivity index (χ1v) is 7.41. The first-order valence-electron chi connectivity index (χ1n) is 7.41. The van der Waals surface area contributed by atoms with Gasteiger partial charge in [-0.25, -0.2) is 0 Å². The maximum absolute atomic E-state index is 12.3. The molecule has 0 spiro atoms. The summed E-state index contributed by atoms with van der Waals surface area (Å²) in [4.78, 5) is 24.5. The molecule has 0 fully saturated rings. The minimum atomic E-state index is -0.490. The van der Waals surface area contributed by atoms with Gasteiger partial charge in [-0.1, -0.05) is 0 Å². The zero-order chi connectivity index (χ0) is 17.7. The minimum absolute atomic E-state index is 0.0414. The lowest BCUT2D eigenvalue weighted by Gasteiger charge is -2.18. The van der Waals surface area contributed by atoms with Crippen LogP contribution in [-0.2, 0) is 0 Å². The van der Waals surface area contributed by atoms with E-state index in [-0.39, 0.29) is 18.2 Å². The summed E-state index contributed by atoms with van der Waals surface area (Å²) in [5.74, 6) is -0.320. The summed E-state index contributed by atoms with van der Waals surface area (Å²) in [6.07, 6.45) is 0. The Kier molecular flexibility index (Phi) is 5.49. The smallest absolute Gasteiger partial charge is 0.269 e. The molecule has 2 rings (SSSR count). The van der Waals surface area contributed by atoms with E-state index < -0.39 is 4.92 Å². The third-order valence-corrected chi connectivity index (χ3v) is 3.67. The standard InChI is InChI=1S/C17H19N3O4/c1-12-11-15(20(23)24)7-8-16(12)17(22)18-13-3-5-14(6-4-13)19(2)9-10-21/h3-8,11,21H,9-10H2,1-2H3,(H,18,22). The molecule has 0 aromatic heterocycles. The zero-order valence-electron chi connectivity index (χ0n) is 13.5. The number of nitrogens with one attached hydrogen (secondary N) is 1. The van der Waals surface area contributed by atoms with Crippen molar-refractivity contribution in [3.63, 3.8) is 0 Å². The number of nitro benzene ring substituents is 1. The average molecular weight is 329 g/mol. The van der Waals surface area contributed by atoms with Gasteiger partial charge in [-0.05, 0) is 42.8 Å². The van der Waals surface area contributed by atoms with Gasteiger partial charge >= 0.3 is 0 Å². The van der Waals surface area contributed by atoms with E-state index in [0.717, 1.165) is 5.69 Å². The molecule has 0 unspecified atom stereocenters. The molecule has 24 heavy (non-hydrogen) atoms. The SMILES string of the molecule is Cc1cc([N+](=O)[O-])ccc1C(=O)Nc1ccc(N(C)CCO)cc1. The molecule has 1 amide bonds. The predicted octanol–water partition coefficient (Wildman–Crippen LogP) is 2.58. The van der Waals surface area contributed by atoms with Gasteiger partial charge in [-0.3, -0.25) is 14.9 Å². The Morgan fingerprint density at radius 3 is 2.46 bits per heavy atom. The Bertz CT molecular complexity index is 744. The number of benzene rings is 2. The summed E-state index contributed by atoms with van der Waals surface area (Å²) >= 11 is 0. The molecular formula is C17H19N3O4. The highest BCUT2D eigenvalue weighted by molar-refractivity contribution is 6.05. The van der Waals surface area contributed by atoms with Gasteiger partial charge in [0.05, 0.1) is 11.5 Å². The summed E-state index contributed by atoms with van der Waals surface area (Å²) in [6.45, 7) is 2.25. The number of aryl methyl sites for hydroxylation is 1. The molecule has 0 aliphatic rings. The van der Waals surface area contributed by atoms with Gasteiger partial charge in [0.1, 0.15) is 0 Å². The van der Waals surface area contributed by atoms with Gasteiger partial charge in [-0.2, -0.15) is 0 Å². The number of carbonyl (C=O) groups excluding carboxylic acids is 1. The van der Waals surface area contributed by atoms with Crippen LogP contribution >= 0.6 is 0 Å². The minimum Gasteiger partial charge on any atom is -0.395 e. The third-order valence-electron chi connectivity index (χ3n) is 3.67. The normalized spacial score (nSPS) is 10.3. The molecule has 0 radical (unpaired) electrons. The highest BCUT2D eigenvalue weighted by atomic mass is 16.6. The van der Waals surface area contributed by atoms with E-state index in [1.807, 2.05) is 24.1 Å². The second-order valence-electron chi connectivity index (χ2n) is 5.40. The van der Waals surface area contributed by atoms with Crippen LogP contribution in [0.5, 0.6) is 0 Å². The number of hydrogen-bond donors (Lipinski definition) is 2. The molecule has 0 aliphatic heterocycles. The molecule has 0 atom stereocenters. The quantitative estimate of drug-likeness (QED) is 0.627. The highest BCUT2D eigenvalue weighted by Crippen LogP contribution is 2.20. The van der Waals surface area contributed by atoms with Gasteiger partial charge in [0.25, 0.3) is 11.6 Å². The van der Waals surface area contributed by atoms with Crippen LogP contribution in [0.25, 0.3) is 0 Å². The summed E-state index contributed by atoms with van der Waals surface area (Å²) in [5.41, 5.74) is 2.44. The molecule has 0 saturated carbocycles. The Morgan fingerprint density at radius 2 is 1.92 bits per heavy atom. The van der Waals surface area contributed by atoms with Crippen molar-refractivity contribution in [3.8, 4) is 0 Å². The number of nitro groups is 1. The van der Waals surface area contributed by atoms with Crippen molar-refractivity contribution >= 4 is 23.0 Å². The van der Waals surface area contributed by atoms with Crippen LogP contribution < -0.4 is 10.2 Å². The molecule has 126 valence electrons. The number of non-ortho nitro benzene ring substituents is 1. The van der Waals surface area contributed by atoms with E-state index in [2.05, 4.69) is 5.32 Å². The fraction of sp³-hybridized carbons (Fsp3) is 0.235. The number of rotatable bonds is 6. The largest absolute Gasteiger partial charge is 0.395 e. The molecule has 2 aromatic carbocycles. The third kappa shape index (κ3) is 4.08. The maximum atomic E-state index is 12.3. The van der Waals surface area contributed by atoms with E-state index in [9.17, 15) is 14.9 Å². The molecule has 0 bridgehead atoms. The van der Waals surface area contributed by atoms with Crippen LogP contribution in [0, 0.1) is 17.0 Å². The molecule has 7 nitrogen and oxygen atoms in total. The van der Waals surface area contributed by atoms with E-state index in [1.165, 1.54) is 18.2 Å². The maximum Gasteiger partial charge on any atom is 0.269 e. The topological polar surface area (TPSA) is 95.7 Å². The fourth-order valence-corrected chi connectivity index (χ4v) is 2.29. The van der Waals surface area contributed by atoms with E-state index in [4.69, 9.17) is 5.11 Å². The first-order chi connectivity index (χ1) is 11.4. The van der Waals surface area contributed by atoms with Crippen molar-refractivity contribution in [2.45, 2.75) is 6.92 Å². The average Bonchev–Trinajstić information content (AvgIpc) is 2.55. The Balaban J connectivity index is 2.11. The molecular weight excluding hydrogens is 310 g/mol. The van der Waals surface area contributed by atoms with Crippen molar-refractivity contribution in [1.82, 2.24) is 0 Å².